The second kappa shape index (κ2) is 9.58. The number of aromatic nitrogens is 1. The second-order valence-electron chi connectivity index (χ2n) is 7.03. The summed E-state index contributed by atoms with van der Waals surface area (Å²) in [7, 11) is 3.11. The van der Waals surface area contributed by atoms with Crippen molar-refractivity contribution in [2.75, 3.05) is 14.2 Å². The average Bonchev–Trinajstić information content (AvgIpc) is 2.86. The van der Waals surface area contributed by atoms with E-state index in [2.05, 4.69) is 10.9 Å². The van der Waals surface area contributed by atoms with Gasteiger partial charge in [0.25, 0.3) is 11.8 Å². The van der Waals surface area contributed by atoms with E-state index in [4.69, 9.17) is 26.1 Å². The molecule has 2 N–H and O–H groups in total. The number of carbonyl (C=O) groups is 2. The molecule has 0 aliphatic heterocycles. The quantitative estimate of drug-likeness (QED) is 0.422. The lowest BCUT2D eigenvalue weighted by atomic mass is 10.0. The number of rotatable bonds is 5. The molecule has 8 heteroatoms. The summed E-state index contributed by atoms with van der Waals surface area (Å²) in [6.45, 7) is 0. The minimum absolute atomic E-state index is 0.255. The number of benzene rings is 3. The van der Waals surface area contributed by atoms with Crippen LogP contribution in [0.1, 0.15) is 20.7 Å². The zero-order valence-electron chi connectivity index (χ0n) is 17.9. The number of para-hydroxylation sites is 1. The fourth-order valence-electron chi connectivity index (χ4n) is 3.40. The van der Waals surface area contributed by atoms with Gasteiger partial charge in [0.15, 0.2) is 11.5 Å². The van der Waals surface area contributed by atoms with Crippen molar-refractivity contribution < 1.29 is 19.1 Å². The monoisotopic (exact) mass is 461 g/mol. The molecule has 0 aliphatic rings. The summed E-state index contributed by atoms with van der Waals surface area (Å²) >= 11 is 6.06. The number of hydrazine groups is 1. The normalized spacial score (nSPS) is 10.5. The Kier molecular flexibility index (Phi) is 6.42. The van der Waals surface area contributed by atoms with E-state index in [1.165, 1.54) is 0 Å². The minimum Gasteiger partial charge on any atom is -0.493 e. The van der Waals surface area contributed by atoms with Gasteiger partial charge in [0.1, 0.15) is 0 Å². The summed E-state index contributed by atoms with van der Waals surface area (Å²) in [6, 6.07) is 20.9. The molecule has 0 spiro atoms. The standard InChI is InChI=1S/C25H20ClN3O4/c1-32-22-12-11-15(13-23(22)33-2)21-14-18(16-7-4-6-10-20(16)27-21)25(31)29-28-24(30)17-8-3-5-9-19(17)26/h3-14H,1-2H3,(H,28,30)(H,29,31). The Morgan fingerprint density at radius 1 is 0.788 bits per heavy atom. The van der Waals surface area contributed by atoms with Crippen LogP contribution in [0.3, 0.4) is 0 Å². The third kappa shape index (κ3) is 4.58. The fourth-order valence-corrected chi connectivity index (χ4v) is 3.62. The lowest BCUT2D eigenvalue weighted by molar-refractivity contribution is 0.0847. The van der Waals surface area contributed by atoms with E-state index in [1.54, 1.807) is 62.8 Å². The average molecular weight is 462 g/mol. The maximum atomic E-state index is 13.1. The molecular weight excluding hydrogens is 442 g/mol. The van der Waals surface area contributed by atoms with Crippen LogP contribution < -0.4 is 20.3 Å². The summed E-state index contributed by atoms with van der Waals surface area (Å²) in [5, 5.41) is 0.931. The maximum absolute atomic E-state index is 13.1. The molecule has 0 radical (unpaired) electrons. The molecule has 166 valence electrons. The van der Waals surface area contributed by atoms with Crippen molar-refractivity contribution in [3.8, 4) is 22.8 Å². The minimum atomic E-state index is -0.521. The summed E-state index contributed by atoms with van der Waals surface area (Å²) in [5.41, 5.74) is 7.43. The third-order valence-corrected chi connectivity index (χ3v) is 5.38. The lowest BCUT2D eigenvalue weighted by Gasteiger charge is -2.13. The zero-order chi connectivity index (χ0) is 23.4. The molecule has 7 nitrogen and oxygen atoms in total. The van der Waals surface area contributed by atoms with Crippen LogP contribution in [-0.2, 0) is 0 Å². The van der Waals surface area contributed by atoms with E-state index in [0.717, 1.165) is 5.56 Å². The molecule has 0 saturated carbocycles. The van der Waals surface area contributed by atoms with Gasteiger partial charge in [-0.05, 0) is 42.5 Å². The van der Waals surface area contributed by atoms with Crippen molar-refractivity contribution in [3.05, 3.63) is 88.9 Å². The topological polar surface area (TPSA) is 89.6 Å². The van der Waals surface area contributed by atoms with Gasteiger partial charge in [-0.2, -0.15) is 0 Å². The summed E-state index contributed by atoms with van der Waals surface area (Å²) in [5.74, 6) is 0.119. The van der Waals surface area contributed by atoms with E-state index in [-0.39, 0.29) is 10.6 Å². The van der Waals surface area contributed by atoms with Crippen molar-refractivity contribution in [3.63, 3.8) is 0 Å². The van der Waals surface area contributed by atoms with Crippen LogP contribution in [0.25, 0.3) is 22.2 Å². The number of ether oxygens (including phenoxy) is 2. The van der Waals surface area contributed by atoms with E-state index >= 15 is 0 Å². The highest BCUT2D eigenvalue weighted by Gasteiger charge is 2.17. The summed E-state index contributed by atoms with van der Waals surface area (Å²) in [6.07, 6.45) is 0. The van der Waals surface area contributed by atoms with E-state index in [0.29, 0.717) is 33.7 Å². The molecule has 0 atom stereocenters. The van der Waals surface area contributed by atoms with Crippen LogP contribution >= 0.6 is 11.6 Å². The molecule has 0 bridgehead atoms. The van der Waals surface area contributed by atoms with E-state index in [9.17, 15) is 9.59 Å². The Hall–Kier alpha value is -4.10. The first-order valence-corrected chi connectivity index (χ1v) is 10.4. The van der Waals surface area contributed by atoms with Crippen molar-refractivity contribution >= 4 is 34.3 Å². The van der Waals surface area contributed by atoms with Gasteiger partial charge in [0.05, 0.1) is 41.6 Å². The Morgan fingerprint density at radius 3 is 2.18 bits per heavy atom. The number of nitrogens with one attached hydrogen (secondary N) is 2. The molecule has 3 aromatic carbocycles. The molecule has 0 aliphatic carbocycles. The van der Waals surface area contributed by atoms with Crippen molar-refractivity contribution in [2.24, 2.45) is 0 Å². The molecule has 33 heavy (non-hydrogen) atoms. The van der Waals surface area contributed by atoms with Gasteiger partial charge in [-0.3, -0.25) is 20.4 Å². The van der Waals surface area contributed by atoms with Crippen LogP contribution in [0.5, 0.6) is 11.5 Å². The number of hydrogen-bond acceptors (Lipinski definition) is 5. The molecular formula is C25H20ClN3O4. The number of carbonyl (C=O) groups excluding carboxylic acids is 2. The molecule has 4 rings (SSSR count). The Bertz CT molecular complexity index is 1360. The fraction of sp³-hybridized carbons (Fsp3) is 0.0800. The first-order chi connectivity index (χ1) is 16.0. The summed E-state index contributed by atoms with van der Waals surface area (Å²) in [4.78, 5) is 30.2. The van der Waals surface area contributed by atoms with Gasteiger partial charge in [0, 0.05) is 10.9 Å². The number of hydrogen-bond donors (Lipinski definition) is 2. The van der Waals surface area contributed by atoms with Gasteiger partial charge in [-0.1, -0.05) is 41.9 Å². The predicted molar refractivity (Wildman–Crippen MR) is 127 cm³/mol. The molecule has 4 aromatic rings. The first kappa shape index (κ1) is 22.1. The van der Waals surface area contributed by atoms with Crippen LogP contribution in [0, 0.1) is 0 Å². The van der Waals surface area contributed by atoms with Gasteiger partial charge in [0.2, 0.25) is 0 Å². The maximum Gasteiger partial charge on any atom is 0.271 e. The van der Waals surface area contributed by atoms with E-state index < -0.39 is 11.8 Å². The molecule has 0 saturated heterocycles. The van der Waals surface area contributed by atoms with Gasteiger partial charge >= 0.3 is 0 Å². The van der Waals surface area contributed by atoms with E-state index in [1.807, 2.05) is 24.3 Å². The second-order valence-corrected chi connectivity index (χ2v) is 7.44. The number of methoxy groups -OCH3 is 2. The highest BCUT2D eigenvalue weighted by molar-refractivity contribution is 6.33. The van der Waals surface area contributed by atoms with Crippen molar-refractivity contribution in [2.45, 2.75) is 0 Å². The van der Waals surface area contributed by atoms with Gasteiger partial charge in [-0.15, -0.1) is 0 Å². The van der Waals surface area contributed by atoms with Crippen LogP contribution in [0.2, 0.25) is 5.02 Å². The number of fused-ring (bicyclic) bond motifs is 1. The van der Waals surface area contributed by atoms with Gasteiger partial charge < -0.3 is 9.47 Å². The Morgan fingerprint density at radius 2 is 1.45 bits per heavy atom. The molecule has 2 amide bonds. The number of pyridine rings is 1. The SMILES string of the molecule is COc1ccc(-c2cc(C(=O)NNC(=O)c3ccccc3Cl)c3ccccc3n2)cc1OC. The number of amides is 2. The van der Waals surface area contributed by atoms with Crippen LogP contribution in [0.4, 0.5) is 0 Å². The largest absolute Gasteiger partial charge is 0.493 e. The molecule has 1 heterocycles. The van der Waals surface area contributed by atoms with Crippen LogP contribution in [-0.4, -0.2) is 31.0 Å². The predicted octanol–water partition coefficient (Wildman–Crippen LogP) is 4.65. The van der Waals surface area contributed by atoms with Gasteiger partial charge in [-0.25, -0.2) is 4.98 Å². The number of nitrogens with zero attached hydrogens (tertiary/aromatic N) is 1. The summed E-state index contributed by atoms with van der Waals surface area (Å²) < 4.78 is 10.7. The highest BCUT2D eigenvalue weighted by atomic mass is 35.5. The Labute approximate surface area is 195 Å². The van der Waals surface area contributed by atoms with Crippen molar-refractivity contribution in [1.82, 2.24) is 15.8 Å². The molecule has 0 unspecified atom stereocenters. The third-order valence-electron chi connectivity index (χ3n) is 5.05. The first-order valence-electron chi connectivity index (χ1n) is 9.99. The highest BCUT2D eigenvalue weighted by Crippen LogP contribution is 2.33. The Balaban J connectivity index is 1.68. The molecule has 1 aromatic heterocycles. The number of halogens is 1. The van der Waals surface area contributed by atoms with Crippen LogP contribution in [0.15, 0.2) is 72.8 Å². The molecule has 0 fully saturated rings. The lowest BCUT2D eigenvalue weighted by Crippen LogP contribution is -2.41. The zero-order valence-corrected chi connectivity index (χ0v) is 18.6. The smallest absolute Gasteiger partial charge is 0.271 e. The van der Waals surface area contributed by atoms with Crippen molar-refractivity contribution in [1.29, 1.82) is 0 Å².